The Morgan fingerprint density at radius 1 is 1.30 bits per heavy atom. The molecule has 1 fully saturated rings. The number of ether oxygens (including phenoxy) is 2. The van der Waals surface area contributed by atoms with Crippen molar-refractivity contribution in [3.8, 4) is 11.5 Å². The van der Waals surface area contributed by atoms with Gasteiger partial charge in [0, 0.05) is 12.1 Å². The largest absolute Gasteiger partial charge is 0.493 e. The van der Waals surface area contributed by atoms with Gasteiger partial charge in [-0.05, 0) is 50.6 Å². The number of nitrogens with two attached hydrogens (primary N) is 1. The van der Waals surface area contributed by atoms with Gasteiger partial charge in [0.1, 0.15) is 0 Å². The van der Waals surface area contributed by atoms with Crippen LogP contribution in [0.2, 0.25) is 0 Å². The molecule has 0 bridgehead atoms. The van der Waals surface area contributed by atoms with Crippen molar-refractivity contribution in [1.29, 1.82) is 0 Å². The maximum absolute atomic E-state index is 6.12. The number of likely N-dealkylation sites (N-methyl/N-ethyl adjacent to an activating group) is 1. The molecule has 0 radical (unpaired) electrons. The van der Waals surface area contributed by atoms with Crippen molar-refractivity contribution in [3.63, 3.8) is 0 Å². The zero-order valence-electron chi connectivity index (χ0n) is 17.2. The number of nitrogens with one attached hydrogen (secondary N) is 1. The second-order valence-electron chi connectivity index (χ2n) is 7.56. The SMILES string of the molecule is COc1ccc(CN=C(N)NCC2(N(C)C)CCCC(C)C2)cc1OC.I. The number of halogens is 1. The van der Waals surface area contributed by atoms with E-state index in [0.29, 0.717) is 24.0 Å². The Morgan fingerprint density at radius 3 is 2.59 bits per heavy atom. The minimum atomic E-state index is 0. The van der Waals surface area contributed by atoms with Crippen LogP contribution in [0.25, 0.3) is 0 Å². The Kier molecular flexibility index (Phi) is 9.66. The highest BCUT2D eigenvalue weighted by molar-refractivity contribution is 14.0. The van der Waals surface area contributed by atoms with Gasteiger partial charge >= 0.3 is 0 Å². The molecule has 1 aliphatic carbocycles. The lowest BCUT2D eigenvalue weighted by Gasteiger charge is -2.45. The number of methoxy groups -OCH3 is 2. The van der Waals surface area contributed by atoms with Crippen LogP contribution >= 0.6 is 24.0 Å². The minimum absolute atomic E-state index is 0. The molecule has 154 valence electrons. The number of aliphatic imine (C=N–C) groups is 1. The first kappa shape index (κ1) is 23.8. The molecule has 27 heavy (non-hydrogen) atoms. The van der Waals surface area contributed by atoms with Crippen LogP contribution in [-0.2, 0) is 6.54 Å². The van der Waals surface area contributed by atoms with E-state index in [0.717, 1.165) is 18.0 Å². The second kappa shape index (κ2) is 10.9. The van der Waals surface area contributed by atoms with E-state index >= 15 is 0 Å². The maximum Gasteiger partial charge on any atom is 0.188 e. The molecule has 0 aromatic heterocycles. The minimum Gasteiger partial charge on any atom is -0.493 e. The smallest absolute Gasteiger partial charge is 0.188 e. The quantitative estimate of drug-likeness (QED) is 0.349. The molecular weight excluding hydrogens is 455 g/mol. The summed E-state index contributed by atoms with van der Waals surface area (Å²) in [7, 11) is 7.59. The lowest BCUT2D eigenvalue weighted by atomic mass is 9.75. The lowest BCUT2D eigenvalue weighted by Crippen LogP contribution is -2.56. The Hall–Kier alpha value is -1.22. The molecule has 6 nitrogen and oxygen atoms in total. The fourth-order valence-electron chi connectivity index (χ4n) is 3.82. The Labute approximate surface area is 180 Å². The van der Waals surface area contributed by atoms with E-state index in [-0.39, 0.29) is 29.5 Å². The number of rotatable bonds is 7. The summed E-state index contributed by atoms with van der Waals surface area (Å²) in [6.07, 6.45) is 4.97. The van der Waals surface area contributed by atoms with Gasteiger partial charge in [-0.2, -0.15) is 0 Å². The standard InChI is InChI=1S/C20H34N4O2.HI/c1-15-7-6-10-20(12-15,24(2)3)14-23-19(21)22-13-16-8-9-17(25-4)18(11-16)26-5;/h8-9,11,15H,6-7,10,12-14H2,1-5H3,(H3,21,22,23);1H. The van der Waals surface area contributed by atoms with Crippen LogP contribution < -0.4 is 20.5 Å². The van der Waals surface area contributed by atoms with Crippen LogP contribution in [0.15, 0.2) is 23.2 Å². The highest BCUT2D eigenvalue weighted by atomic mass is 127. The summed E-state index contributed by atoms with van der Waals surface area (Å²) in [5, 5.41) is 3.35. The molecule has 1 saturated carbocycles. The van der Waals surface area contributed by atoms with Gasteiger partial charge in [0.2, 0.25) is 0 Å². The number of nitrogens with zero attached hydrogens (tertiary/aromatic N) is 2. The predicted molar refractivity (Wildman–Crippen MR) is 122 cm³/mol. The molecule has 7 heteroatoms. The molecule has 1 aromatic rings. The molecule has 2 unspecified atom stereocenters. The molecule has 2 rings (SSSR count). The van der Waals surface area contributed by atoms with Gasteiger partial charge in [-0.1, -0.05) is 25.8 Å². The number of benzene rings is 1. The van der Waals surface area contributed by atoms with Crippen molar-refractivity contribution in [2.24, 2.45) is 16.6 Å². The topological polar surface area (TPSA) is 72.1 Å². The summed E-state index contributed by atoms with van der Waals surface area (Å²) in [5.74, 6) is 2.65. The monoisotopic (exact) mass is 490 g/mol. The third-order valence-electron chi connectivity index (χ3n) is 5.49. The van der Waals surface area contributed by atoms with E-state index in [1.165, 1.54) is 25.7 Å². The van der Waals surface area contributed by atoms with Gasteiger partial charge in [0.25, 0.3) is 0 Å². The predicted octanol–water partition coefficient (Wildman–Crippen LogP) is 3.24. The third-order valence-corrected chi connectivity index (χ3v) is 5.49. The Morgan fingerprint density at radius 2 is 2.00 bits per heavy atom. The van der Waals surface area contributed by atoms with Crippen molar-refractivity contribution in [3.05, 3.63) is 23.8 Å². The summed E-state index contributed by atoms with van der Waals surface area (Å²) >= 11 is 0. The summed E-state index contributed by atoms with van der Waals surface area (Å²) in [6.45, 7) is 3.67. The zero-order valence-corrected chi connectivity index (χ0v) is 19.6. The average molecular weight is 490 g/mol. The van der Waals surface area contributed by atoms with E-state index in [4.69, 9.17) is 15.2 Å². The molecule has 0 aliphatic heterocycles. The van der Waals surface area contributed by atoms with Gasteiger partial charge in [0.15, 0.2) is 17.5 Å². The van der Waals surface area contributed by atoms with Crippen molar-refractivity contribution in [2.45, 2.75) is 44.7 Å². The van der Waals surface area contributed by atoms with Crippen LogP contribution in [0.3, 0.4) is 0 Å². The molecular formula is C20H35IN4O2. The van der Waals surface area contributed by atoms with Crippen LogP contribution in [0, 0.1) is 5.92 Å². The second-order valence-corrected chi connectivity index (χ2v) is 7.56. The van der Waals surface area contributed by atoms with E-state index in [2.05, 4.69) is 36.2 Å². The molecule has 0 spiro atoms. The van der Waals surface area contributed by atoms with Gasteiger partial charge in [0.05, 0.1) is 20.8 Å². The van der Waals surface area contributed by atoms with Gasteiger partial charge in [-0.25, -0.2) is 4.99 Å². The van der Waals surface area contributed by atoms with Crippen molar-refractivity contribution in [2.75, 3.05) is 34.9 Å². The van der Waals surface area contributed by atoms with E-state index in [1.807, 2.05) is 18.2 Å². The Balaban J connectivity index is 0.00000364. The van der Waals surface area contributed by atoms with Crippen molar-refractivity contribution < 1.29 is 9.47 Å². The molecule has 0 saturated heterocycles. The van der Waals surface area contributed by atoms with Crippen LogP contribution in [0.1, 0.15) is 38.2 Å². The van der Waals surface area contributed by atoms with E-state index < -0.39 is 0 Å². The summed E-state index contributed by atoms with van der Waals surface area (Å²) in [4.78, 5) is 6.83. The number of hydrogen-bond donors (Lipinski definition) is 2. The molecule has 0 amide bonds. The molecule has 0 heterocycles. The lowest BCUT2D eigenvalue weighted by molar-refractivity contribution is 0.0797. The van der Waals surface area contributed by atoms with Crippen LogP contribution in [0.5, 0.6) is 11.5 Å². The molecule has 3 N–H and O–H groups in total. The van der Waals surface area contributed by atoms with Crippen molar-refractivity contribution >= 4 is 29.9 Å². The average Bonchev–Trinajstić information content (AvgIpc) is 2.64. The highest BCUT2D eigenvalue weighted by Crippen LogP contribution is 2.35. The first-order chi connectivity index (χ1) is 12.4. The van der Waals surface area contributed by atoms with E-state index in [9.17, 15) is 0 Å². The highest BCUT2D eigenvalue weighted by Gasteiger charge is 2.36. The van der Waals surface area contributed by atoms with Gasteiger partial charge < -0.3 is 25.4 Å². The third kappa shape index (κ3) is 6.41. The summed E-state index contributed by atoms with van der Waals surface area (Å²) in [5.41, 5.74) is 7.31. The first-order valence-corrected chi connectivity index (χ1v) is 9.32. The maximum atomic E-state index is 6.12. The first-order valence-electron chi connectivity index (χ1n) is 9.32. The Bertz CT molecular complexity index is 624. The normalized spacial score (nSPS) is 22.9. The zero-order chi connectivity index (χ0) is 19.2. The van der Waals surface area contributed by atoms with Crippen LogP contribution in [-0.4, -0.2) is 51.3 Å². The van der Waals surface area contributed by atoms with Crippen LogP contribution in [0.4, 0.5) is 0 Å². The van der Waals surface area contributed by atoms with Gasteiger partial charge in [-0.15, -0.1) is 24.0 Å². The van der Waals surface area contributed by atoms with Crippen molar-refractivity contribution in [1.82, 2.24) is 10.2 Å². The summed E-state index contributed by atoms with van der Waals surface area (Å²) < 4.78 is 10.6. The number of guanidine groups is 1. The number of hydrogen-bond acceptors (Lipinski definition) is 4. The summed E-state index contributed by atoms with van der Waals surface area (Å²) in [6, 6.07) is 5.79. The van der Waals surface area contributed by atoms with Gasteiger partial charge in [-0.3, -0.25) is 0 Å². The molecule has 1 aromatic carbocycles. The molecule has 2 atom stereocenters. The fraction of sp³-hybridized carbons (Fsp3) is 0.650. The van der Waals surface area contributed by atoms with E-state index in [1.54, 1.807) is 14.2 Å². The molecule has 1 aliphatic rings. The fourth-order valence-corrected chi connectivity index (χ4v) is 3.82.